The SMILES string of the molecule is CCOC(=O)[N+](C)(C)C.Cl. The van der Waals surface area contributed by atoms with Crippen LogP contribution >= 0.6 is 12.4 Å². The minimum atomic E-state index is -0.197. The van der Waals surface area contributed by atoms with Gasteiger partial charge in [0.2, 0.25) is 0 Å². The van der Waals surface area contributed by atoms with Gasteiger partial charge in [0.1, 0.15) is 0 Å². The van der Waals surface area contributed by atoms with Gasteiger partial charge in [0.15, 0.2) is 0 Å². The Morgan fingerprint density at radius 1 is 1.40 bits per heavy atom. The van der Waals surface area contributed by atoms with Gasteiger partial charge in [0, 0.05) is 0 Å². The summed E-state index contributed by atoms with van der Waals surface area (Å²) in [6.45, 7) is 2.25. The maximum absolute atomic E-state index is 10.8. The van der Waals surface area contributed by atoms with E-state index in [0.29, 0.717) is 6.61 Å². The third-order valence-electron chi connectivity index (χ3n) is 0.816. The highest BCUT2D eigenvalue weighted by Gasteiger charge is 2.21. The zero-order valence-corrected chi connectivity index (χ0v) is 7.70. The lowest BCUT2D eigenvalue weighted by atomic mass is 10.7. The molecule has 1 amide bonds. The predicted molar refractivity (Wildman–Crippen MR) is 42.3 cm³/mol. The van der Waals surface area contributed by atoms with E-state index in [1.165, 1.54) is 0 Å². The molecule has 0 radical (unpaired) electrons. The van der Waals surface area contributed by atoms with Crippen molar-refractivity contribution >= 4 is 18.5 Å². The summed E-state index contributed by atoms with van der Waals surface area (Å²) in [4.78, 5) is 10.8. The number of quaternary nitrogens is 1. The van der Waals surface area contributed by atoms with Crippen LogP contribution < -0.4 is 0 Å². The number of nitrogens with zero attached hydrogens (tertiary/aromatic N) is 1. The largest absolute Gasteiger partial charge is 0.515 e. The van der Waals surface area contributed by atoms with E-state index in [1.807, 2.05) is 0 Å². The van der Waals surface area contributed by atoms with Gasteiger partial charge >= 0.3 is 6.09 Å². The number of carbonyl (C=O) groups excluding carboxylic acids is 1. The summed E-state index contributed by atoms with van der Waals surface area (Å²) in [5, 5.41) is 0. The molecule has 0 aliphatic carbocycles. The molecule has 0 aromatic heterocycles. The Morgan fingerprint density at radius 3 is 1.90 bits per heavy atom. The van der Waals surface area contributed by atoms with Crippen molar-refractivity contribution in [3.63, 3.8) is 0 Å². The van der Waals surface area contributed by atoms with E-state index in [9.17, 15) is 4.79 Å². The molecule has 0 aliphatic heterocycles. The number of hydrogen-bond donors (Lipinski definition) is 0. The molecule has 0 heterocycles. The second-order valence-corrected chi connectivity index (χ2v) is 2.71. The molecule has 0 aliphatic rings. The second-order valence-electron chi connectivity index (χ2n) is 2.71. The smallest absolute Gasteiger partial charge is 0.420 e. The van der Waals surface area contributed by atoms with Crippen molar-refractivity contribution in [3.8, 4) is 0 Å². The Kier molecular flexibility index (Phi) is 5.61. The molecule has 0 bridgehead atoms. The van der Waals surface area contributed by atoms with Gasteiger partial charge in [-0.15, -0.1) is 12.4 Å². The Bertz CT molecular complexity index is 109. The van der Waals surface area contributed by atoms with Crippen molar-refractivity contribution in [1.29, 1.82) is 0 Å². The van der Waals surface area contributed by atoms with Gasteiger partial charge in [-0.3, -0.25) is 0 Å². The molecule has 0 atom stereocenters. The van der Waals surface area contributed by atoms with Gasteiger partial charge in [-0.1, -0.05) is 0 Å². The average Bonchev–Trinajstić information content (AvgIpc) is 1.64. The Morgan fingerprint density at radius 2 is 1.80 bits per heavy atom. The van der Waals surface area contributed by atoms with Crippen LogP contribution in [0, 0.1) is 0 Å². The fraction of sp³-hybridized carbons (Fsp3) is 0.833. The second kappa shape index (κ2) is 4.52. The molecule has 0 rings (SSSR count). The van der Waals surface area contributed by atoms with Crippen molar-refractivity contribution in [1.82, 2.24) is 0 Å². The minimum absolute atomic E-state index is 0. The third-order valence-corrected chi connectivity index (χ3v) is 0.816. The van der Waals surface area contributed by atoms with Crippen LogP contribution in [0.3, 0.4) is 0 Å². The molecule has 0 N–H and O–H groups in total. The van der Waals surface area contributed by atoms with Gasteiger partial charge in [-0.05, 0) is 6.92 Å². The number of rotatable bonds is 1. The summed E-state index contributed by atoms with van der Waals surface area (Å²) in [6.07, 6.45) is -0.197. The molecule has 4 heteroatoms. The highest BCUT2D eigenvalue weighted by Crippen LogP contribution is 1.94. The zero-order valence-electron chi connectivity index (χ0n) is 6.88. The summed E-state index contributed by atoms with van der Waals surface area (Å²) in [5.74, 6) is 0. The summed E-state index contributed by atoms with van der Waals surface area (Å²) in [6, 6.07) is 0. The van der Waals surface area contributed by atoms with Crippen LogP contribution in [-0.4, -0.2) is 38.3 Å². The van der Waals surface area contributed by atoms with Crippen LogP contribution in [0.4, 0.5) is 4.79 Å². The fourth-order valence-electron chi connectivity index (χ4n) is 0.317. The number of carbonyl (C=O) groups is 1. The van der Waals surface area contributed by atoms with E-state index in [4.69, 9.17) is 4.74 Å². The normalized spacial score (nSPS) is 10.0. The van der Waals surface area contributed by atoms with Gasteiger partial charge in [-0.2, -0.15) is 4.79 Å². The number of amides is 1. The lowest BCUT2D eigenvalue weighted by Crippen LogP contribution is -2.41. The molecular formula is C6H15ClNO2+. The van der Waals surface area contributed by atoms with Crippen molar-refractivity contribution in [3.05, 3.63) is 0 Å². The fourth-order valence-corrected chi connectivity index (χ4v) is 0.317. The number of ether oxygens (including phenoxy) is 1. The summed E-state index contributed by atoms with van der Waals surface area (Å²) in [5.41, 5.74) is 0. The molecule has 0 saturated carbocycles. The molecule has 62 valence electrons. The van der Waals surface area contributed by atoms with E-state index < -0.39 is 0 Å². The highest BCUT2D eigenvalue weighted by molar-refractivity contribution is 5.85. The first kappa shape index (κ1) is 12.4. The first-order valence-electron chi connectivity index (χ1n) is 2.97. The molecule has 10 heavy (non-hydrogen) atoms. The van der Waals surface area contributed by atoms with Gasteiger partial charge < -0.3 is 4.74 Å². The molecule has 0 fully saturated rings. The van der Waals surface area contributed by atoms with Crippen LogP contribution in [0.15, 0.2) is 0 Å². The Labute approximate surface area is 68.0 Å². The van der Waals surface area contributed by atoms with E-state index in [-0.39, 0.29) is 23.0 Å². The van der Waals surface area contributed by atoms with E-state index in [2.05, 4.69) is 0 Å². The van der Waals surface area contributed by atoms with Crippen LogP contribution in [0.25, 0.3) is 0 Å². The molecule has 0 spiro atoms. The van der Waals surface area contributed by atoms with Crippen molar-refractivity contribution in [2.45, 2.75) is 6.92 Å². The Balaban J connectivity index is 0. The molecule has 3 nitrogen and oxygen atoms in total. The van der Waals surface area contributed by atoms with E-state index >= 15 is 0 Å². The van der Waals surface area contributed by atoms with Gasteiger partial charge in [0.05, 0.1) is 27.7 Å². The van der Waals surface area contributed by atoms with Gasteiger partial charge in [-0.25, -0.2) is 4.48 Å². The van der Waals surface area contributed by atoms with E-state index in [1.54, 1.807) is 28.1 Å². The quantitative estimate of drug-likeness (QED) is 0.552. The first-order chi connectivity index (χ1) is 3.98. The van der Waals surface area contributed by atoms with Crippen molar-refractivity contribution in [2.75, 3.05) is 27.7 Å². The molecule has 0 unspecified atom stereocenters. The third kappa shape index (κ3) is 4.58. The zero-order chi connectivity index (χ0) is 7.49. The van der Waals surface area contributed by atoms with Crippen LogP contribution in [0.2, 0.25) is 0 Å². The lowest BCUT2D eigenvalue weighted by Gasteiger charge is -2.18. The molecule has 0 aromatic carbocycles. The first-order valence-corrected chi connectivity index (χ1v) is 2.97. The Hall–Kier alpha value is -0.280. The van der Waals surface area contributed by atoms with E-state index in [0.717, 1.165) is 0 Å². The van der Waals surface area contributed by atoms with Crippen molar-refractivity contribution in [2.24, 2.45) is 0 Å². The molecular weight excluding hydrogens is 154 g/mol. The summed E-state index contributed by atoms with van der Waals surface area (Å²) >= 11 is 0. The van der Waals surface area contributed by atoms with Crippen LogP contribution in [0.5, 0.6) is 0 Å². The van der Waals surface area contributed by atoms with Crippen LogP contribution in [0.1, 0.15) is 6.92 Å². The standard InChI is InChI=1S/C6H14NO2.ClH/c1-5-9-6(8)7(2,3)4;/h5H2,1-4H3;1H/q+1;. The monoisotopic (exact) mass is 168 g/mol. The number of hydrogen-bond acceptors (Lipinski definition) is 2. The van der Waals surface area contributed by atoms with Gasteiger partial charge in [0.25, 0.3) is 0 Å². The van der Waals surface area contributed by atoms with Crippen molar-refractivity contribution < 1.29 is 14.0 Å². The summed E-state index contributed by atoms with van der Waals surface area (Å²) < 4.78 is 4.97. The number of halogens is 1. The molecule has 0 aromatic rings. The average molecular weight is 169 g/mol. The lowest BCUT2D eigenvalue weighted by molar-refractivity contribution is -0.795. The predicted octanol–water partition coefficient (Wildman–Crippen LogP) is 1.27. The maximum atomic E-state index is 10.8. The molecule has 0 saturated heterocycles. The minimum Gasteiger partial charge on any atom is -0.420 e. The highest BCUT2D eigenvalue weighted by atomic mass is 35.5. The van der Waals surface area contributed by atoms with Crippen LogP contribution in [-0.2, 0) is 4.74 Å². The maximum Gasteiger partial charge on any atom is 0.515 e. The summed E-state index contributed by atoms with van der Waals surface area (Å²) in [7, 11) is 5.33. The topological polar surface area (TPSA) is 26.3 Å².